The number of hydrogen-bond donors (Lipinski definition) is 1. The number of nitrogens with two attached hydrogens (primary N) is 1. The van der Waals surface area contributed by atoms with E-state index in [9.17, 15) is 22.8 Å². The summed E-state index contributed by atoms with van der Waals surface area (Å²) in [7, 11) is 1.08. The third-order valence-corrected chi connectivity index (χ3v) is 2.44. The molecule has 8 heteroatoms. The predicted molar refractivity (Wildman–Crippen MR) is 57.5 cm³/mol. The normalized spacial score (nSPS) is 15.2. The number of esters is 1. The molecule has 1 amide bonds. The lowest BCUT2D eigenvalue weighted by Gasteiger charge is -2.34. The number of ether oxygens (including phenoxy) is 1. The van der Waals surface area contributed by atoms with Gasteiger partial charge < -0.3 is 15.4 Å². The molecule has 0 rings (SSSR count). The van der Waals surface area contributed by atoms with Gasteiger partial charge in [0.15, 0.2) is 5.54 Å². The SMILES string of the molecule is COC(=O)CN(C(=O)C(C)(N)C(F)(F)F)C(C)C. The van der Waals surface area contributed by atoms with E-state index in [0.29, 0.717) is 6.92 Å². The van der Waals surface area contributed by atoms with Crippen molar-refractivity contribution in [2.24, 2.45) is 5.73 Å². The average Bonchev–Trinajstić information content (AvgIpc) is 2.22. The van der Waals surface area contributed by atoms with E-state index in [2.05, 4.69) is 4.74 Å². The monoisotopic (exact) mass is 270 g/mol. The molecular weight excluding hydrogens is 253 g/mol. The molecule has 0 aromatic heterocycles. The zero-order valence-electron chi connectivity index (χ0n) is 10.7. The number of nitrogens with zero attached hydrogens (tertiary/aromatic N) is 1. The van der Waals surface area contributed by atoms with Crippen LogP contribution in [0.3, 0.4) is 0 Å². The van der Waals surface area contributed by atoms with Gasteiger partial charge in [0.1, 0.15) is 6.54 Å². The zero-order chi connectivity index (χ0) is 14.7. The molecule has 0 saturated heterocycles. The molecule has 0 aliphatic rings. The highest BCUT2D eigenvalue weighted by atomic mass is 19.4. The van der Waals surface area contributed by atoms with Crippen molar-refractivity contribution in [1.82, 2.24) is 4.90 Å². The highest BCUT2D eigenvalue weighted by Gasteiger charge is 2.55. The van der Waals surface area contributed by atoms with Crippen molar-refractivity contribution in [3.05, 3.63) is 0 Å². The highest BCUT2D eigenvalue weighted by Crippen LogP contribution is 2.30. The Hall–Kier alpha value is -1.31. The van der Waals surface area contributed by atoms with Crippen LogP contribution in [0.4, 0.5) is 13.2 Å². The van der Waals surface area contributed by atoms with Crippen LogP contribution in [0.2, 0.25) is 0 Å². The molecule has 0 radical (unpaired) electrons. The van der Waals surface area contributed by atoms with Gasteiger partial charge in [-0.25, -0.2) is 0 Å². The van der Waals surface area contributed by atoms with Crippen LogP contribution >= 0.6 is 0 Å². The van der Waals surface area contributed by atoms with Gasteiger partial charge in [-0.05, 0) is 20.8 Å². The number of methoxy groups -OCH3 is 1. The van der Waals surface area contributed by atoms with Crippen LogP contribution in [0, 0.1) is 0 Å². The summed E-state index contributed by atoms with van der Waals surface area (Å²) in [5, 5.41) is 0. The quantitative estimate of drug-likeness (QED) is 0.762. The summed E-state index contributed by atoms with van der Waals surface area (Å²) in [6.45, 7) is 2.96. The first-order valence-electron chi connectivity index (χ1n) is 5.18. The summed E-state index contributed by atoms with van der Waals surface area (Å²) >= 11 is 0. The van der Waals surface area contributed by atoms with Crippen molar-refractivity contribution >= 4 is 11.9 Å². The van der Waals surface area contributed by atoms with E-state index in [1.807, 2.05) is 0 Å². The third-order valence-electron chi connectivity index (χ3n) is 2.44. The van der Waals surface area contributed by atoms with E-state index >= 15 is 0 Å². The molecule has 0 bridgehead atoms. The number of alkyl halides is 3. The molecule has 0 aromatic rings. The van der Waals surface area contributed by atoms with Crippen LogP contribution in [-0.2, 0) is 14.3 Å². The van der Waals surface area contributed by atoms with Gasteiger partial charge in [0.25, 0.3) is 5.91 Å². The fourth-order valence-electron chi connectivity index (χ4n) is 1.11. The molecule has 0 saturated carbocycles. The number of halogens is 3. The molecular formula is C10H17F3N2O3. The number of carbonyl (C=O) groups excluding carboxylic acids is 2. The van der Waals surface area contributed by atoms with Gasteiger partial charge in [-0.1, -0.05) is 0 Å². The fraction of sp³-hybridized carbons (Fsp3) is 0.800. The topological polar surface area (TPSA) is 72.6 Å². The van der Waals surface area contributed by atoms with Crippen molar-refractivity contribution in [3.8, 4) is 0 Å². The van der Waals surface area contributed by atoms with Gasteiger partial charge in [0, 0.05) is 6.04 Å². The molecule has 106 valence electrons. The van der Waals surface area contributed by atoms with Gasteiger partial charge in [-0.15, -0.1) is 0 Å². The summed E-state index contributed by atoms with van der Waals surface area (Å²) < 4.78 is 42.2. The first kappa shape index (κ1) is 16.7. The molecule has 18 heavy (non-hydrogen) atoms. The molecule has 0 aliphatic carbocycles. The van der Waals surface area contributed by atoms with Crippen LogP contribution in [0.5, 0.6) is 0 Å². The molecule has 1 atom stereocenters. The van der Waals surface area contributed by atoms with E-state index in [4.69, 9.17) is 5.73 Å². The fourth-order valence-corrected chi connectivity index (χ4v) is 1.11. The van der Waals surface area contributed by atoms with E-state index < -0.39 is 36.2 Å². The van der Waals surface area contributed by atoms with Gasteiger partial charge in [-0.3, -0.25) is 9.59 Å². The van der Waals surface area contributed by atoms with E-state index in [1.54, 1.807) is 0 Å². The highest BCUT2D eigenvalue weighted by molar-refractivity contribution is 5.89. The largest absolute Gasteiger partial charge is 0.468 e. The van der Waals surface area contributed by atoms with Crippen molar-refractivity contribution in [1.29, 1.82) is 0 Å². The van der Waals surface area contributed by atoms with E-state index in [1.165, 1.54) is 13.8 Å². The molecule has 0 aliphatic heterocycles. The summed E-state index contributed by atoms with van der Waals surface area (Å²) in [5.41, 5.74) is 1.99. The van der Waals surface area contributed by atoms with Crippen molar-refractivity contribution < 1.29 is 27.5 Å². The number of hydrogen-bond acceptors (Lipinski definition) is 4. The Morgan fingerprint density at radius 1 is 1.33 bits per heavy atom. The lowest BCUT2D eigenvalue weighted by molar-refractivity contribution is -0.195. The van der Waals surface area contributed by atoms with Gasteiger partial charge in [-0.2, -0.15) is 13.2 Å². The van der Waals surface area contributed by atoms with Crippen LogP contribution in [0.15, 0.2) is 0 Å². The molecule has 2 N–H and O–H groups in total. The maximum absolute atomic E-state index is 12.6. The number of carbonyl (C=O) groups is 2. The smallest absolute Gasteiger partial charge is 0.415 e. The Kier molecular flexibility index (Phi) is 5.15. The lowest BCUT2D eigenvalue weighted by Crippen LogP contribution is -2.63. The first-order valence-corrected chi connectivity index (χ1v) is 5.18. The average molecular weight is 270 g/mol. The van der Waals surface area contributed by atoms with E-state index in [0.717, 1.165) is 12.0 Å². The Morgan fingerprint density at radius 3 is 2.06 bits per heavy atom. The minimum absolute atomic E-state index is 0.571. The van der Waals surface area contributed by atoms with Crippen LogP contribution in [0.1, 0.15) is 20.8 Å². The van der Waals surface area contributed by atoms with Crippen molar-refractivity contribution in [3.63, 3.8) is 0 Å². The van der Waals surface area contributed by atoms with Crippen LogP contribution in [0.25, 0.3) is 0 Å². The second kappa shape index (κ2) is 5.55. The Morgan fingerprint density at radius 2 is 1.78 bits per heavy atom. The lowest BCUT2D eigenvalue weighted by atomic mass is 10.0. The summed E-state index contributed by atoms with van der Waals surface area (Å²) in [4.78, 5) is 23.6. The Labute approximate surface area is 103 Å². The minimum atomic E-state index is -4.90. The predicted octanol–water partition coefficient (Wildman–Crippen LogP) is 0.676. The Bertz CT molecular complexity index is 327. The maximum Gasteiger partial charge on any atom is 0.415 e. The first-order chi connectivity index (χ1) is 7.95. The van der Waals surface area contributed by atoms with Crippen LogP contribution < -0.4 is 5.73 Å². The Balaban J connectivity index is 5.16. The zero-order valence-corrected chi connectivity index (χ0v) is 10.7. The van der Waals surface area contributed by atoms with Crippen molar-refractivity contribution in [2.75, 3.05) is 13.7 Å². The van der Waals surface area contributed by atoms with Crippen LogP contribution in [-0.4, -0.2) is 48.2 Å². The molecule has 5 nitrogen and oxygen atoms in total. The molecule has 1 unspecified atom stereocenters. The van der Waals surface area contributed by atoms with Gasteiger partial charge in [0.2, 0.25) is 0 Å². The second-order valence-electron chi connectivity index (χ2n) is 4.30. The third kappa shape index (κ3) is 3.59. The summed E-state index contributed by atoms with van der Waals surface area (Å²) in [5.74, 6) is -2.18. The van der Waals surface area contributed by atoms with Crippen molar-refractivity contribution in [2.45, 2.75) is 38.5 Å². The molecule has 0 heterocycles. The van der Waals surface area contributed by atoms with E-state index in [-0.39, 0.29) is 0 Å². The molecule has 0 aromatic carbocycles. The summed E-state index contributed by atoms with van der Waals surface area (Å²) in [6, 6.07) is -0.609. The van der Waals surface area contributed by atoms with Gasteiger partial charge >= 0.3 is 12.1 Å². The maximum atomic E-state index is 12.6. The molecule has 0 spiro atoms. The number of amides is 1. The van der Waals surface area contributed by atoms with Gasteiger partial charge in [0.05, 0.1) is 7.11 Å². The summed E-state index contributed by atoms with van der Waals surface area (Å²) in [6.07, 6.45) is -4.90. The second-order valence-corrected chi connectivity index (χ2v) is 4.30. The standard InChI is InChI=1S/C10H17F3N2O3/c1-6(2)15(5-7(16)18-4)8(17)9(3,14)10(11,12)13/h6H,5,14H2,1-4H3. The number of rotatable bonds is 4. The minimum Gasteiger partial charge on any atom is -0.468 e. The molecule has 0 fully saturated rings.